The lowest BCUT2D eigenvalue weighted by Crippen LogP contribution is -1.94. The number of nitrogens with one attached hydrogen (secondary N) is 1. The summed E-state index contributed by atoms with van der Waals surface area (Å²) in [5, 5.41) is 3.41. The van der Waals surface area contributed by atoms with E-state index < -0.39 is 0 Å². The number of aromatic nitrogens is 1. The number of anilines is 1. The molecule has 0 aromatic carbocycles. The first-order valence-electron chi connectivity index (χ1n) is 2.68. The summed E-state index contributed by atoms with van der Waals surface area (Å²) in [5.74, 6) is 0.498. The Labute approximate surface area is 79.5 Å². The van der Waals surface area contributed by atoms with Crippen LogP contribution >= 0.6 is 35.4 Å². The van der Waals surface area contributed by atoms with Crippen molar-refractivity contribution >= 4 is 46.7 Å². The van der Waals surface area contributed by atoms with E-state index in [9.17, 15) is 0 Å². The van der Waals surface area contributed by atoms with Crippen LogP contribution < -0.4 is 5.32 Å². The largest absolute Gasteiger partial charge is 0.329 e. The molecule has 0 aliphatic carbocycles. The minimum Gasteiger partial charge on any atom is -0.329 e. The van der Waals surface area contributed by atoms with E-state index >= 15 is 0 Å². The number of nitrogens with zero attached hydrogens (tertiary/aromatic N) is 1. The number of thiocarbonyl (C=S) groups is 1. The molecule has 0 atom stereocenters. The molecule has 0 saturated carbocycles. The maximum atomic E-state index is 5.66. The van der Waals surface area contributed by atoms with Crippen molar-refractivity contribution in [2.75, 3.05) is 5.32 Å². The summed E-state index contributed by atoms with van der Waals surface area (Å²) >= 11 is 15.7. The standard InChI is InChI=1S/C6H3Cl2N2S/c7-4-1-5(8)10-6(2-4)9-3-11/h1-2H,(H,9,10,11). The van der Waals surface area contributed by atoms with Gasteiger partial charge in [-0.15, -0.1) is 0 Å². The number of pyridine rings is 1. The normalized spacial score (nSPS) is 9.27. The van der Waals surface area contributed by atoms with Gasteiger partial charge in [-0.1, -0.05) is 35.4 Å². The fraction of sp³-hybridized carbons (Fsp3) is 0. The number of hydrogen-bond donors (Lipinski definition) is 1. The molecule has 1 N–H and O–H groups in total. The quantitative estimate of drug-likeness (QED) is 0.457. The van der Waals surface area contributed by atoms with Crippen molar-refractivity contribution in [2.45, 2.75) is 0 Å². The first-order chi connectivity index (χ1) is 5.22. The average molecular weight is 206 g/mol. The Balaban J connectivity index is 2.98. The van der Waals surface area contributed by atoms with Crippen LogP contribution in [-0.2, 0) is 0 Å². The molecule has 0 saturated heterocycles. The summed E-state index contributed by atoms with van der Waals surface area (Å²) in [4.78, 5) is 3.86. The van der Waals surface area contributed by atoms with Gasteiger partial charge in [0.2, 0.25) is 0 Å². The lowest BCUT2D eigenvalue weighted by atomic mass is 10.4. The van der Waals surface area contributed by atoms with E-state index in [1.807, 2.05) is 0 Å². The van der Waals surface area contributed by atoms with E-state index in [1.165, 1.54) is 6.07 Å². The van der Waals surface area contributed by atoms with Gasteiger partial charge in [-0.25, -0.2) is 4.98 Å². The monoisotopic (exact) mass is 205 g/mol. The zero-order chi connectivity index (χ0) is 8.27. The van der Waals surface area contributed by atoms with Gasteiger partial charge in [0.15, 0.2) is 0 Å². The van der Waals surface area contributed by atoms with Crippen molar-refractivity contribution in [1.29, 1.82) is 0 Å². The van der Waals surface area contributed by atoms with Crippen molar-refractivity contribution in [3.63, 3.8) is 0 Å². The highest BCUT2D eigenvalue weighted by Gasteiger charge is 1.96. The third kappa shape index (κ3) is 2.61. The zero-order valence-electron chi connectivity index (χ0n) is 5.27. The molecule has 1 aromatic rings. The first-order valence-corrected chi connectivity index (χ1v) is 3.85. The molecule has 0 unspecified atom stereocenters. The molecule has 0 spiro atoms. The van der Waals surface area contributed by atoms with Gasteiger partial charge >= 0.3 is 0 Å². The molecule has 11 heavy (non-hydrogen) atoms. The van der Waals surface area contributed by atoms with E-state index in [-0.39, 0.29) is 0 Å². The summed E-state index contributed by atoms with van der Waals surface area (Å²) in [6.07, 6.45) is 0. The summed E-state index contributed by atoms with van der Waals surface area (Å²) < 4.78 is 0. The Hall–Kier alpha value is -0.380. The Kier molecular flexibility index (Phi) is 3.05. The van der Waals surface area contributed by atoms with Crippen molar-refractivity contribution < 1.29 is 0 Å². The molecule has 0 amide bonds. The fourth-order valence-electron chi connectivity index (χ4n) is 0.582. The van der Waals surface area contributed by atoms with Crippen LogP contribution in [0.3, 0.4) is 0 Å². The molecule has 1 rings (SSSR count). The molecule has 0 fully saturated rings. The predicted molar refractivity (Wildman–Crippen MR) is 50.5 cm³/mol. The number of halogens is 2. The molecule has 5 heteroatoms. The summed E-state index contributed by atoms with van der Waals surface area (Å²) in [6.45, 7) is 0. The zero-order valence-corrected chi connectivity index (χ0v) is 7.59. The molecule has 0 aliphatic heterocycles. The topological polar surface area (TPSA) is 24.9 Å². The Morgan fingerprint density at radius 1 is 1.45 bits per heavy atom. The highest BCUT2D eigenvalue weighted by Crippen LogP contribution is 2.17. The van der Waals surface area contributed by atoms with Gasteiger partial charge in [0.05, 0.1) is 0 Å². The molecule has 0 bridgehead atoms. The van der Waals surface area contributed by atoms with Gasteiger partial charge in [-0.05, 0) is 12.1 Å². The molecule has 57 valence electrons. The highest BCUT2D eigenvalue weighted by atomic mass is 35.5. The van der Waals surface area contributed by atoms with Gasteiger partial charge in [0, 0.05) is 5.02 Å². The van der Waals surface area contributed by atoms with Crippen molar-refractivity contribution in [2.24, 2.45) is 0 Å². The Bertz CT molecular complexity index is 257. The van der Waals surface area contributed by atoms with Crippen molar-refractivity contribution in [3.05, 3.63) is 22.3 Å². The van der Waals surface area contributed by atoms with Crippen LogP contribution in [0.2, 0.25) is 10.2 Å². The summed E-state index contributed by atoms with van der Waals surface area (Å²) in [6, 6.07) is 3.14. The second-order valence-corrected chi connectivity index (χ2v) is 2.75. The van der Waals surface area contributed by atoms with Crippen LogP contribution in [-0.4, -0.2) is 10.5 Å². The summed E-state index contributed by atoms with van der Waals surface area (Å²) in [7, 11) is 0. The average Bonchev–Trinajstić information content (AvgIpc) is 1.85. The first kappa shape index (κ1) is 8.71. The van der Waals surface area contributed by atoms with Crippen LogP contribution in [0, 0.1) is 0 Å². The number of hydrogen-bond acceptors (Lipinski definition) is 2. The molecule has 1 heterocycles. The van der Waals surface area contributed by atoms with Crippen LogP contribution in [0.4, 0.5) is 5.82 Å². The van der Waals surface area contributed by atoms with E-state index in [2.05, 4.69) is 28.0 Å². The molecule has 1 aromatic heterocycles. The van der Waals surface area contributed by atoms with E-state index in [0.717, 1.165) is 0 Å². The van der Waals surface area contributed by atoms with E-state index in [1.54, 1.807) is 6.07 Å². The lowest BCUT2D eigenvalue weighted by molar-refractivity contribution is 1.33. The smallest absolute Gasteiger partial charge is 0.140 e. The minimum absolute atomic E-state index is 0.324. The van der Waals surface area contributed by atoms with Gasteiger partial charge < -0.3 is 5.32 Å². The predicted octanol–water partition coefficient (Wildman–Crippen LogP) is 2.63. The molecular formula is C6H3Cl2N2S. The molecule has 2 nitrogen and oxygen atoms in total. The van der Waals surface area contributed by atoms with Crippen LogP contribution in [0.1, 0.15) is 0 Å². The second kappa shape index (κ2) is 3.85. The third-order valence-electron chi connectivity index (χ3n) is 0.938. The molecule has 1 radical (unpaired) electrons. The van der Waals surface area contributed by atoms with Crippen molar-refractivity contribution in [1.82, 2.24) is 4.98 Å². The highest BCUT2D eigenvalue weighted by molar-refractivity contribution is 7.79. The fourth-order valence-corrected chi connectivity index (χ4v) is 1.16. The molecule has 0 aliphatic rings. The van der Waals surface area contributed by atoms with Crippen molar-refractivity contribution in [3.8, 4) is 0 Å². The van der Waals surface area contributed by atoms with Gasteiger partial charge in [-0.2, -0.15) is 0 Å². The van der Waals surface area contributed by atoms with Gasteiger partial charge in [-0.3, -0.25) is 0 Å². The van der Waals surface area contributed by atoms with Gasteiger partial charge in [0.25, 0.3) is 0 Å². The summed E-state index contributed by atoms with van der Waals surface area (Å²) in [5.41, 5.74) is 2.29. The maximum absolute atomic E-state index is 5.66. The second-order valence-electron chi connectivity index (χ2n) is 1.72. The van der Waals surface area contributed by atoms with Gasteiger partial charge in [0.1, 0.15) is 16.5 Å². The lowest BCUT2D eigenvalue weighted by Gasteiger charge is -1.98. The Morgan fingerprint density at radius 3 is 2.73 bits per heavy atom. The number of rotatable bonds is 2. The van der Waals surface area contributed by atoms with Crippen LogP contribution in [0.5, 0.6) is 0 Å². The SMILES string of the molecule is S=[C]Nc1cc(Cl)cc(Cl)n1. The van der Waals surface area contributed by atoms with E-state index in [4.69, 9.17) is 23.2 Å². The maximum Gasteiger partial charge on any atom is 0.140 e. The third-order valence-corrected chi connectivity index (χ3v) is 1.45. The van der Waals surface area contributed by atoms with E-state index in [0.29, 0.717) is 16.0 Å². The minimum atomic E-state index is 0.324. The molecular weight excluding hydrogens is 203 g/mol. The Morgan fingerprint density at radius 2 is 2.18 bits per heavy atom. The van der Waals surface area contributed by atoms with Crippen LogP contribution in [0.25, 0.3) is 0 Å². The van der Waals surface area contributed by atoms with Crippen LogP contribution in [0.15, 0.2) is 12.1 Å².